The molecule has 134 valence electrons. The Morgan fingerprint density at radius 2 is 1.89 bits per heavy atom. The van der Waals surface area contributed by atoms with Crippen molar-refractivity contribution in [3.8, 4) is 23.4 Å². The van der Waals surface area contributed by atoms with Crippen LogP contribution in [0.15, 0.2) is 67.3 Å². The Bertz CT molecular complexity index is 1340. The van der Waals surface area contributed by atoms with Gasteiger partial charge in [-0.25, -0.2) is 14.6 Å². The zero-order valence-electron chi connectivity index (χ0n) is 14.9. The molecule has 0 aliphatic heterocycles. The van der Waals surface area contributed by atoms with Gasteiger partial charge in [-0.05, 0) is 48.9 Å². The highest BCUT2D eigenvalue weighted by Crippen LogP contribution is 2.31. The lowest BCUT2D eigenvalue weighted by Crippen LogP contribution is -1.99. The van der Waals surface area contributed by atoms with Gasteiger partial charge in [0.05, 0.1) is 22.3 Å². The van der Waals surface area contributed by atoms with Crippen LogP contribution in [0.3, 0.4) is 0 Å². The van der Waals surface area contributed by atoms with Crippen LogP contribution in [0.25, 0.3) is 22.4 Å². The number of benzene rings is 2. The maximum absolute atomic E-state index is 9.59. The average molecular weight is 366 g/mol. The predicted octanol–water partition coefficient (Wildman–Crippen LogP) is 4.04. The molecule has 3 aromatic heterocycles. The Morgan fingerprint density at radius 3 is 2.64 bits per heavy atom. The molecule has 0 saturated carbocycles. The Morgan fingerprint density at radius 1 is 1.07 bits per heavy atom. The molecule has 0 N–H and O–H groups in total. The number of para-hydroxylation sites is 2. The Balaban J connectivity index is 1.64. The second-order valence-electron chi connectivity index (χ2n) is 6.35. The summed E-state index contributed by atoms with van der Waals surface area (Å²) in [6, 6.07) is 19.4. The molecule has 5 rings (SSSR count). The van der Waals surface area contributed by atoms with Crippen LogP contribution in [0, 0.1) is 18.3 Å². The number of aryl methyl sites for hydroxylation is 1. The van der Waals surface area contributed by atoms with Crippen molar-refractivity contribution >= 4 is 16.7 Å². The van der Waals surface area contributed by atoms with Gasteiger partial charge in [0, 0.05) is 6.07 Å². The molecule has 0 aliphatic carbocycles. The van der Waals surface area contributed by atoms with Crippen LogP contribution in [-0.2, 0) is 0 Å². The standard InChI is InChI=1S/C21H14N6O/c1-14-10-20(28-16-8-6-15(7-9-16)26-13-23-12-24-26)27-19-5-3-2-4-18(19)25-21(27)17(14)11-22/h2-10,12-13H,1H3. The van der Waals surface area contributed by atoms with E-state index in [1.807, 2.05) is 65.9 Å². The van der Waals surface area contributed by atoms with E-state index >= 15 is 0 Å². The molecular formula is C21H14N6O. The summed E-state index contributed by atoms with van der Waals surface area (Å²) in [7, 11) is 0. The van der Waals surface area contributed by atoms with Crippen molar-refractivity contribution in [3.05, 3.63) is 78.4 Å². The zero-order valence-corrected chi connectivity index (χ0v) is 14.9. The van der Waals surface area contributed by atoms with E-state index in [0.29, 0.717) is 22.8 Å². The minimum Gasteiger partial charge on any atom is -0.440 e. The highest BCUT2D eigenvalue weighted by atomic mass is 16.5. The van der Waals surface area contributed by atoms with Crippen LogP contribution in [0.4, 0.5) is 0 Å². The minimum atomic E-state index is 0.546. The SMILES string of the molecule is Cc1cc(Oc2ccc(-n3cncn3)cc2)n2c(nc3ccccc32)c1C#N. The third-order valence-electron chi connectivity index (χ3n) is 4.59. The lowest BCUT2D eigenvalue weighted by Gasteiger charge is -2.12. The van der Waals surface area contributed by atoms with Gasteiger partial charge in [0.15, 0.2) is 5.65 Å². The summed E-state index contributed by atoms with van der Waals surface area (Å²) >= 11 is 0. The molecule has 0 aliphatic rings. The number of imidazole rings is 1. The van der Waals surface area contributed by atoms with E-state index in [1.165, 1.54) is 6.33 Å². The Kier molecular flexibility index (Phi) is 3.56. The maximum Gasteiger partial charge on any atom is 0.206 e. The molecule has 5 aromatic rings. The van der Waals surface area contributed by atoms with Gasteiger partial charge >= 0.3 is 0 Å². The molecule has 7 heteroatoms. The molecule has 3 heterocycles. The smallest absolute Gasteiger partial charge is 0.206 e. The largest absolute Gasteiger partial charge is 0.440 e. The monoisotopic (exact) mass is 366 g/mol. The fourth-order valence-corrected chi connectivity index (χ4v) is 3.26. The third kappa shape index (κ3) is 2.47. The number of hydrogen-bond acceptors (Lipinski definition) is 5. The van der Waals surface area contributed by atoms with E-state index in [2.05, 4.69) is 21.1 Å². The van der Waals surface area contributed by atoms with Crippen molar-refractivity contribution in [2.24, 2.45) is 0 Å². The van der Waals surface area contributed by atoms with Gasteiger partial charge in [-0.15, -0.1) is 0 Å². The fourth-order valence-electron chi connectivity index (χ4n) is 3.26. The fraction of sp³-hybridized carbons (Fsp3) is 0.0476. The van der Waals surface area contributed by atoms with Gasteiger partial charge < -0.3 is 4.74 Å². The molecule has 0 radical (unpaired) electrons. The topological polar surface area (TPSA) is 81.0 Å². The van der Waals surface area contributed by atoms with E-state index in [4.69, 9.17) is 4.74 Å². The van der Waals surface area contributed by atoms with Crippen LogP contribution in [0.5, 0.6) is 11.6 Å². The van der Waals surface area contributed by atoms with Gasteiger partial charge in [0.1, 0.15) is 24.5 Å². The lowest BCUT2D eigenvalue weighted by molar-refractivity contribution is 0.457. The number of pyridine rings is 1. The number of fused-ring (bicyclic) bond motifs is 3. The number of nitriles is 1. The summed E-state index contributed by atoms with van der Waals surface area (Å²) in [6.07, 6.45) is 3.13. The van der Waals surface area contributed by atoms with Gasteiger partial charge in [-0.1, -0.05) is 12.1 Å². The normalized spacial score (nSPS) is 11.0. The van der Waals surface area contributed by atoms with Crippen molar-refractivity contribution in [1.82, 2.24) is 24.1 Å². The molecule has 28 heavy (non-hydrogen) atoms. The maximum atomic E-state index is 9.59. The minimum absolute atomic E-state index is 0.546. The van der Waals surface area contributed by atoms with Gasteiger partial charge in [-0.2, -0.15) is 10.4 Å². The van der Waals surface area contributed by atoms with Crippen LogP contribution >= 0.6 is 0 Å². The van der Waals surface area contributed by atoms with Crippen molar-refractivity contribution < 1.29 is 4.74 Å². The molecule has 7 nitrogen and oxygen atoms in total. The molecule has 0 saturated heterocycles. The molecule has 0 spiro atoms. The number of nitrogens with zero attached hydrogens (tertiary/aromatic N) is 6. The van der Waals surface area contributed by atoms with E-state index in [-0.39, 0.29) is 0 Å². The molecule has 0 fully saturated rings. The van der Waals surface area contributed by atoms with E-state index < -0.39 is 0 Å². The van der Waals surface area contributed by atoms with Gasteiger partial charge in [0.2, 0.25) is 5.88 Å². The van der Waals surface area contributed by atoms with Gasteiger partial charge in [0.25, 0.3) is 0 Å². The predicted molar refractivity (Wildman–Crippen MR) is 104 cm³/mol. The summed E-state index contributed by atoms with van der Waals surface area (Å²) in [5.41, 5.74) is 4.56. The van der Waals surface area contributed by atoms with Crippen molar-refractivity contribution in [2.75, 3.05) is 0 Å². The third-order valence-corrected chi connectivity index (χ3v) is 4.59. The summed E-state index contributed by atoms with van der Waals surface area (Å²) in [4.78, 5) is 8.59. The summed E-state index contributed by atoms with van der Waals surface area (Å²) in [5.74, 6) is 1.28. The van der Waals surface area contributed by atoms with Crippen molar-refractivity contribution in [2.45, 2.75) is 6.92 Å². The molecule has 0 amide bonds. The lowest BCUT2D eigenvalue weighted by atomic mass is 10.1. The first-order valence-electron chi connectivity index (χ1n) is 8.68. The summed E-state index contributed by atoms with van der Waals surface area (Å²) in [5, 5.41) is 13.7. The highest BCUT2D eigenvalue weighted by Gasteiger charge is 2.16. The first-order chi connectivity index (χ1) is 13.7. The first kappa shape index (κ1) is 16.0. The van der Waals surface area contributed by atoms with E-state index in [1.54, 1.807) is 11.0 Å². The molecule has 0 unspecified atom stereocenters. The average Bonchev–Trinajstić information content (AvgIpc) is 3.37. The number of aromatic nitrogens is 5. The summed E-state index contributed by atoms with van der Waals surface area (Å²) < 4.78 is 9.74. The molecule has 0 atom stereocenters. The van der Waals surface area contributed by atoms with Crippen molar-refractivity contribution in [1.29, 1.82) is 5.26 Å². The quantitative estimate of drug-likeness (QED) is 0.481. The second-order valence-corrected chi connectivity index (χ2v) is 6.35. The van der Waals surface area contributed by atoms with Crippen LogP contribution in [-0.4, -0.2) is 24.1 Å². The van der Waals surface area contributed by atoms with E-state index in [9.17, 15) is 5.26 Å². The summed E-state index contributed by atoms with van der Waals surface area (Å²) in [6.45, 7) is 1.89. The molecular weight excluding hydrogens is 352 g/mol. The Labute approximate surface area is 160 Å². The van der Waals surface area contributed by atoms with Crippen LogP contribution in [0.2, 0.25) is 0 Å². The number of ether oxygens (including phenoxy) is 1. The van der Waals surface area contributed by atoms with Crippen LogP contribution < -0.4 is 4.74 Å². The highest BCUT2D eigenvalue weighted by molar-refractivity contribution is 5.83. The van der Waals surface area contributed by atoms with Gasteiger partial charge in [-0.3, -0.25) is 4.40 Å². The molecule has 2 aromatic carbocycles. The van der Waals surface area contributed by atoms with E-state index in [0.717, 1.165) is 22.3 Å². The molecule has 0 bridgehead atoms. The zero-order chi connectivity index (χ0) is 19.1. The second kappa shape index (κ2) is 6.21. The number of hydrogen-bond donors (Lipinski definition) is 0. The van der Waals surface area contributed by atoms with Crippen molar-refractivity contribution in [3.63, 3.8) is 0 Å². The number of rotatable bonds is 3. The first-order valence-corrected chi connectivity index (χ1v) is 8.68. The Hall–Kier alpha value is -4.18. The van der Waals surface area contributed by atoms with Crippen LogP contribution in [0.1, 0.15) is 11.1 Å².